The Hall–Kier alpha value is -0.910. The minimum atomic E-state index is -4.60. The standard InChI is InChI=1S/C7H5BrF3NO/c8-3-1-4(7(9,10)11)6(13)5(12)2-3/h1-2,13H,12H2. The lowest BCUT2D eigenvalue weighted by atomic mass is 10.1. The highest BCUT2D eigenvalue weighted by atomic mass is 79.9. The topological polar surface area (TPSA) is 46.2 Å². The number of phenols is 1. The zero-order valence-electron chi connectivity index (χ0n) is 6.19. The summed E-state index contributed by atoms with van der Waals surface area (Å²) in [5, 5.41) is 8.99. The third kappa shape index (κ3) is 2.06. The molecule has 0 atom stereocenters. The summed E-state index contributed by atoms with van der Waals surface area (Å²) in [5.41, 5.74) is 3.69. The van der Waals surface area contributed by atoms with Crippen LogP contribution in [0.4, 0.5) is 18.9 Å². The first-order valence-electron chi connectivity index (χ1n) is 3.17. The maximum atomic E-state index is 12.2. The van der Waals surface area contributed by atoms with E-state index in [1.54, 1.807) is 0 Å². The van der Waals surface area contributed by atoms with Crippen LogP contribution in [0, 0.1) is 0 Å². The highest BCUT2D eigenvalue weighted by molar-refractivity contribution is 9.10. The molecule has 13 heavy (non-hydrogen) atoms. The summed E-state index contributed by atoms with van der Waals surface area (Å²) in [7, 11) is 0. The Morgan fingerprint density at radius 3 is 2.31 bits per heavy atom. The first-order valence-corrected chi connectivity index (χ1v) is 3.97. The number of phenolic OH excluding ortho intramolecular Hbond substituents is 1. The van der Waals surface area contributed by atoms with E-state index in [1.165, 1.54) is 6.07 Å². The Labute approximate surface area is 80.3 Å². The minimum Gasteiger partial charge on any atom is -0.505 e. The number of anilines is 1. The van der Waals surface area contributed by atoms with Crippen LogP contribution in [-0.2, 0) is 6.18 Å². The molecular formula is C7H5BrF3NO. The molecule has 0 unspecified atom stereocenters. The summed E-state index contributed by atoms with van der Waals surface area (Å²) >= 11 is 2.85. The van der Waals surface area contributed by atoms with E-state index in [0.717, 1.165) is 6.07 Å². The molecule has 6 heteroatoms. The average molecular weight is 256 g/mol. The summed E-state index contributed by atoms with van der Waals surface area (Å²) in [5.74, 6) is -0.935. The Balaban J connectivity index is 3.37. The molecule has 0 amide bonds. The third-order valence-electron chi connectivity index (χ3n) is 1.41. The Morgan fingerprint density at radius 1 is 1.31 bits per heavy atom. The van der Waals surface area contributed by atoms with Gasteiger partial charge in [0.1, 0.15) is 5.56 Å². The van der Waals surface area contributed by atoms with Crippen LogP contribution in [0.5, 0.6) is 5.75 Å². The Kier molecular flexibility index (Phi) is 2.42. The molecule has 0 saturated heterocycles. The fraction of sp³-hybridized carbons (Fsp3) is 0.143. The van der Waals surface area contributed by atoms with E-state index < -0.39 is 17.5 Å². The number of hydrogen-bond donors (Lipinski definition) is 2. The van der Waals surface area contributed by atoms with Crippen LogP contribution >= 0.6 is 15.9 Å². The number of hydrogen-bond acceptors (Lipinski definition) is 2. The van der Waals surface area contributed by atoms with Gasteiger partial charge in [-0.05, 0) is 12.1 Å². The molecule has 3 N–H and O–H groups in total. The van der Waals surface area contributed by atoms with Gasteiger partial charge in [-0.2, -0.15) is 13.2 Å². The summed E-state index contributed by atoms with van der Waals surface area (Å²) in [4.78, 5) is 0. The van der Waals surface area contributed by atoms with Crippen molar-refractivity contribution in [2.45, 2.75) is 6.18 Å². The highest BCUT2D eigenvalue weighted by Crippen LogP contribution is 2.40. The molecule has 0 spiro atoms. The van der Waals surface area contributed by atoms with Crippen molar-refractivity contribution in [3.8, 4) is 5.75 Å². The molecule has 1 aromatic rings. The molecule has 2 nitrogen and oxygen atoms in total. The van der Waals surface area contributed by atoms with Gasteiger partial charge in [-0.25, -0.2) is 0 Å². The van der Waals surface area contributed by atoms with Crippen molar-refractivity contribution in [1.82, 2.24) is 0 Å². The molecule has 0 saturated carbocycles. The second kappa shape index (κ2) is 3.10. The van der Waals surface area contributed by atoms with Crippen molar-refractivity contribution in [2.75, 3.05) is 5.73 Å². The Bertz CT molecular complexity index is 337. The Morgan fingerprint density at radius 2 is 1.85 bits per heavy atom. The molecule has 0 aliphatic rings. The van der Waals surface area contributed by atoms with Gasteiger partial charge in [0, 0.05) is 4.47 Å². The number of nitrogens with two attached hydrogens (primary N) is 1. The first kappa shape index (κ1) is 10.2. The maximum absolute atomic E-state index is 12.2. The van der Waals surface area contributed by atoms with Crippen molar-refractivity contribution >= 4 is 21.6 Å². The van der Waals surface area contributed by atoms with E-state index in [1.807, 2.05) is 0 Å². The summed E-state index contributed by atoms with van der Waals surface area (Å²) in [6.45, 7) is 0. The zero-order chi connectivity index (χ0) is 10.2. The van der Waals surface area contributed by atoms with Crippen molar-refractivity contribution in [3.05, 3.63) is 22.2 Å². The lowest BCUT2D eigenvalue weighted by Gasteiger charge is -2.10. The van der Waals surface area contributed by atoms with Crippen molar-refractivity contribution < 1.29 is 18.3 Å². The second-order valence-corrected chi connectivity index (χ2v) is 3.30. The van der Waals surface area contributed by atoms with Gasteiger partial charge in [0.15, 0.2) is 5.75 Å². The fourth-order valence-electron chi connectivity index (χ4n) is 0.836. The van der Waals surface area contributed by atoms with Gasteiger partial charge in [-0.15, -0.1) is 0 Å². The van der Waals surface area contributed by atoms with E-state index in [-0.39, 0.29) is 10.2 Å². The molecule has 0 aliphatic carbocycles. The molecule has 0 heterocycles. The molecule has 72 valence electrons. The predicted molar refractivity (Wildman–Crippen MR) is 45.2 cm³/mol. The minimum absolute atomic E-state index is 0.176. The van der Waals surface area contributed by atoms with Crippen molar-refractivity contribution in [3.63, 3.8) is 0 Å². The molecule has 0 bridgehead atoms. The summed E-state index contributed by atoms with van der Waals surface area (Å²) in [6.07, 6.45) is -4.60. The van der Waals surface area contributed by atoms with Crippen LogP contribution < -0.4 is 5.73 Å². The van der Waals surface area contributed by atoms with E-state index in [2.05, 4.69) is 15.9 Å². The molecule has 0 aromatic heterocycles. The molecule has 0 fully saturated rings. The van der Waals surface area contributed by atoms with Gasteiger partial charge < -0.3 is 10.8 Å². The van der Waals surface area contributed by atoms with Crippen molar-refractivity contribution in [1.29, 1.82) is 0 Å². The van der Waals surface area contributed by atoms with E-state index in [9.17, 15) is 13.2 Å². The fourth-order valence-corrected chi connectivity index (χ4v) is 1.31. The summed E-state index contributed by atoms with van der Waals surface area (Å²) < 4.78 is 36.7. The predicted octanol–water partition coefficient (Wildman–Crippen LogP) is 2.76. The van der Waals surface area contributed by atoms with Crippen LogP contribution in [0.2, 0.25) is 0 Å². The lowest BCUT2D eigenvalue weighted by molar-refractivity contribution is -0.138. The number of rotatable bonds is 0. The molecule has 0 radical (unpaired) electrons. The molecule has 1 rings (SSSR count). The third-order valence-corrected chi connectivity index (χ3v) is 1.87. The molecule has 0 aliphatic heterocycles. The van der Waals surface area contributed by atoms with Crippen LogP contribution in [-0.4, -0.2) is 5.11 Å². The maximum Gasteiger partial charge on any atom is 0.420 e. The lowest BCUT2D eigenvalue weighted by Crippen LogP contribution is -2.06. The number of nitrogen functional groups attached to an aromatic ring is 1. The monoisotopic (exact) mass is 255 g/mol. The van der Waals surface area contributed by atoms with E-state index >= 15 is 0 Å². The second-order valence-electron chi connectivity index (χ2n) is 2.39. The normalized spacial score (nSPS) is 11.7. The zero-order valence-corrected chi connectivity index (χ0v) is 7.78. The summed E-state index contributed by atoms with van der Waals surface area (Å²) in [6, 6.07) is 1.97. The van der Waals surface area contributed by atoms with Gasteiger partial charge in [0.2, 0.25) is 0 Å². The smallest absolute Gasteiger partial charge is 0.420 e. The SMILES string of the molecule is Nc1cc(Br)cc(C(F)(F)F)c1O. The largest absolute Gasteiger partial charge is 0.505 e. The van der Waals surface area contributed by atoms with E-state index in [0.29, 0.717) is 0 Å². The quantitative estimate of drug-likeness (QED) is 0.553. The van der Waals surface area contributed by atoms with Gasteiger partial charge in [0.05, 0.1) is 5.69 Å². The van der Waals surface area contributed by atoms with Gasteiger partial charge in [-0.1, -0.05) is 15.9 Å². The van der Waals surface area contributed by atoms with Crippen LogP contribution in [0.15, 0.2) is 16.6 Å². The number of aromatic hydroxyl groups is 1. The number of benzene rings is 1. The van der Waals surface area contributed by atoms with Crippen LogP contribution in [0.3, 0.4) is 0 Å². The van der Waals surface area contributed by atoms with Crippen LogP contribution in [0.1, 0.15) is 5.56 Å². The average Bonchev–Trinajstić information content (AvgIpc) is 1.94. The van der Waals surface area contributed by atoms with Gasteiger partial charge in [0.25, 0.3) is 0 Å². The first-order chi connectivity index (χ1) is 5.82. The van der Waals surface area contributed by atoms with Crippen molar-refractivity contribution in [2.24, 2.45) is 0 Å². The highest BCUT2D eigenvalue weighted by Gasteiger charge is 2.34. The number of halogens is 4. The van der Waals surface area contributed by atoms with Crippen LogP contribution in [0.25, 0.3) is 0 Å². The van der Waals surface area contributed by atoms with E-state index in [4.69, 9.17) is 10.8 Å². The number of alkyl halides is 3. The van der Waals surface area contributed by atoms with Gasteiger partial charge >= 0.3 is 6.18 Å². The molecule has 1 aromatic carbocycles. The van der Waals surface area contributed by atoms with Gasteiger partial charge in [-0.3, -0.25) is 0 Å². The molecular weight excluding hydrogens is 251 g/mol.